The Morgan fingerprint density at radius 2 is 1.61 bits per heavy atom. The lowest BCUT2D eigenvalue weighted by Gasteiger charge is -2.04. The van der Waals surface area contributed by atoms with Crippen LogP contribution < -0.4 is 14.8 Å². The van der Waals surface area contributed by atoms with Gasteiger partial charge in [0.05, 0.1) is 14.2 Å². The number of benzene rings is 3. The zero-order chi connectivity index (χ0) is 21.8. The minimum Gasteiger partial charge on any atom is -0.497 e. The van der Waals surface area contributed by atoms with Crippen molar-refractivity contribution >= 4 is 40.2 Å². The second kappa shape index (κ2) is 8.98. The second-order valence-corrected chi connectivity index (χ2v) is 7.20. The van der Waals surface area contributed by atoms with Crippen LogP contribution in [0.25, 0.3) is 28.2 Å². The molecule has 1 heterocycles. The minimum absolute atomic E-state index is 0.273. The van der Waals surface area contributed by atoms with Crippen molar-refractivity contribution in [3.05, 3.63) is 83.6 Å². The maximum atomic E-state index is 12.4. The summed E-state index contributed by atoms with van der Waals surface area (Å²) >= 11 is 6.06. The Bertz CT molecular complexity index is 1240. The fourth-order valence-electron chi connectivity index (χ4n) is 3.26. The number of carbonyl (C=O) groups is 1. The molecule has 0 unspecified atom stereocenters. The van der Waals surface area contributed by atoms with Gasteiger partial charge in [-0.1, -0.05) is 23.7 Å². The number of amides is 1. The lowest BCUT2D eigenvalue weighted by molar-refractivity contribution is -0.111. The summed E-state index contributed by atoms with van der Waals surface area (Å²) in [6.45, 7) is 0. The predicted octanol–water partition coefficient (Wildman–Crippen LogP) is 6.42. The molecule has 4 aromatic rings. The Kier molecular flexibility index (Phi) is 5.96. The number of ether oxygens (including phenoxy) is 2. The van der Waals surface area contributed by atoms with Gasteiger partial charge in [-0.25, -0.2) is 0 Å². The van der Waals surface area contributed by atoms with Gasteiger partial charge < -0.3 is 19.2 Å². The smallest absolute Gasteiger partial charge is 0.248 e. The summed E-state index contributed by atoms with van der Waals surface area (Å²) in [7, 11) is 3.21. The summed E-state index contributed by atoms with van der Waals surface area (Å²) in [4.78, 5) is 12.4. The molecule has 0 saturated heterocycles. The van der Waals surface area contributed by atoms with Crippen LogP contribution >= 0.6 is 11.6 Å². The maximum Gasteiger partial charge on any atom is 0.248 e. The zero-order valence-electron chi connectivity index (χ0n) is 17.0. The number of hydrogen-bond acceptors (Lipinski definition) is 4. The first-order chi connectivity index (χ1) is 15.1. The Balaban J connectivity index is 1.67. The van der Waals surface area contributed by atoms with Gasteiger partial charge in [0.1, 0.15) is 22.8 Å². The standard InChI is InChI=1S/C25H20ClNO4/c1-29-19-9-7-18(8-10-19)27-24(28)14-13-23-25(16-3-5-17(26)6-4-16)21-15-20(30-2)11-12-22(21)31-23/h3-15H,1-2H3,(H,27,28). The molecule has 5 nitrogen and oxygen atoms in total. The summed E-state index contributed by atoms with van der Waals surface area (Å²) in [6, 6.07) is 20.2. The van der Waals surface area contributed by atoms with E-state index in [1.165, 1.54) is 6.08 Å². The van der Waals surface area contributed by atoms with E-state index in [0.717, 1.165) is 28.0 Å². The average molecular weight is 434 g/mol. The molecule has 6 heteroatoms. The average Bonchev–Trinajstić information content (AvgIpc) is 3.16. The van der Waals surface area contributed by atoms with Crippen molar-refractivity contribution in [1.29, 1.82) is 0 Å². The van der Waals surface area contributed by atoms with E-state index in [2.05, 4.69) is 5.32 Å². The Labute approximate surface area is 184 Å². The van der Waals surface area contributed by atoms with Gasteiger partial charge in [-0.05, 0) is 66.2 Å². The molecule has 0 aliphatic carbocycles. The van der Waals surface area contributed by atoms with Crippen LogP contribution in [-0.2, 0) is 4.79 Å². The number of halogens is 1. The highest BCUT2D eigenvalue weighted by Crippen LogP contribution is 2.38. The topological polar surface area (TPSA) is 60.7 Å². The van der Waals surface area contributed by atoms with Crippen LogP contribution in [0.2, 0.25) is 5.02 Å². The molecule has 0 radical (unpaired) electrons. The predicted molar refractivity (Wildman–Crippen MR) is 124 cm³/mol. The van der Waals surface area contributed by atoms with Gasteiger partial charge in [0.15, 0.2) is 0 Å². The number of fused-ring (bicyclic) bond motifs is 1. The normalized spacial score (nSPS) is 11.1. The summed E-state index contributed by atoms with van der Waals surface area (Å²) in [6.07, 6.45) is 3.11. The summed E-state index contributed by atoms with van der Waals surface area (Å²) in [5.74, 6) is 1.73. The van der Waals surface area contributed by atoms with Gasteiger partial charge in [0, 0.05) is 27.7 Å². The number of nitrogens with one attached hydrogen (secondary N) is 1. The van der Waals surface area contributed by atoms with Gasteiger partial charge in [0.2, 0.25) is 5.91 Å². The van der Waals surface area contributed by atoms with Crippen molar-refractivity contribution < 1.29 is 18.7 Å². The van der Waals surface area contributed by atoms with Crippen molar-refractivity contribution in [2.24, 2.45) is 0 Å². The Hall–Kier alpha value is -3.70. The van der Waals surface area contributed by atoms with Crippen molar-refractivity contribution in [2.45, 2.75) is 0 Å². The minimum atomic E-state index is -0.273. The Morgan fingerprint density at radius 1 is 0.935 bits per heavy atom. The largest absolute Gasteiger partial charge is 0.497 e. The number of rotatable bonds is 6. The van der Waals surface area contributed by atoms with Crippen molar-refractivity contribution in [3.63, 3.8) is 0 Å². The fraction of sp³-hybridized carbons (Fsp3) is 0.0800. The van der Waals surface area contributed by atoms with E-state index in [1.807, 2.05) is 42.5 Å². The van der Waals surface area contributed by atoms with E-state index in [-0.39, 0.29) is 5.91 Å². The van der Waals surface area contributed by atoms with E-state index in [9.17, 15) is 4.79 Å². The summed E-state index contributed by atoms with van der Waals surface area (Å²) in [5.41, 5.74) is 3.15. The third-order valence-electron chi connectivity index (χ3n) is 4.80. The van der Waals surface area contributed by atoms with Gasteiger partial charge in [-0.15, -0.1) is 0 Å². The lowest BCUT2D eigenvalue weighted by atomic mass is 10.0. The van der Waals surface area contributed by atoms with Crippen LogP contribution in [0.4, 0.5) is 5.69 Å². The first-order valence-electron chi connectivity index (χ1n) is 9.57. The van der Waals surface area contributed by atoms with Crippen molar-refractivity contribution in [2.75, 3.05) is 19.5 Å². The van der Waals surface area contributed by atoms with Crippen molar-refractivity contribution in [3.8, 4) is 22.6 Å². The van der Waals surface area contributed by atoms with Crippen LogP contribution in [0.5, 0.6) is 11.5 Å². The quantitative estimate of drug-likeness (QED) is 0.356. The molecule has 3 aromatic carbocycles. The first kappa shape index (κ1) is 20.6. The van der Waals surface area contributed by atoms with Crippen LogP contribution in [0, 0.1) is 0 Å². The highest BCUT2D eigenvalue weighted by Gasteiger charge is 2.15. The molecule has 1 amide bonds. The molecular formula is C25H20ClNO4. The summed E-state index contributed by atoms with van der Waals surface area (Å²) in [5, 5.41) is 4.35. The number of carbonyl (C=O) groups excluding carboxylic acids is 1. The van der Waals surface area contributed by atoms with E-state index in [4.69, 9.17) is 25.5 Å². The Morgan fingerprint density at radius 3 is 2.29 bits per heavy atom. The molecule has 0 aliphatic heterocycles. The van der Waals surface area contributed by atoms with E-state index >= 15 is 0 Å². The first-order valence-corrected chi connectivity index (χ1v) is 9.95. The van der Waals surface area contributed by atoms with E-state index in [0.29, 0.717) is 22.1 Å². The third kappa shape index (κ3) is 4.57. The molecule has 1 N–H and O–H groups in total. The molecule has 0 bridgehead atoms. The van der Waals surface area contributed by atoms with Crippen LogP contribution in [0.1, 0.15) is 5.76 Å². The van der Waals surface area contributed by atoms with Crippen molar-refractivity contribution in [1.82, 2.24) is 0 Å². The van der Waals surface area contributed by atoms with E-state index in [1.54, 1.807) is 44.6 Å². The molecule has 31 heavy (non-hydrogen) atoms. The number of anilines is 1. The van der Waals surface area contributed by atoms with Gasteiger partial charge in [-0.2, -0.15) is 0 Å². The molecular weight excluding hydrogens is 414 g/mol. The van der Waals surface area contributed by atoms with Gasteiger partial charge in [-0.3, -0.25) is 4.79 Å². The SMILES string of the molecule is COc1ccc(NC(=O)C=Cc2oc3ccc(OC)cc3c2-c2ccc(Cl)cc2)cc1. The molecule has 0 fully saturated rings. The highest BCUT2D eigenvalue weighted by atomic mass is 35.5. The number of methoxy groups -OCH3 is 2. The molecule has 0 aliphatic rings. The van der Waals surface area contributed by atoms with Gasteiger partial charge >= 0.3 is 0 Å². The molecule has 0 saturated carbocycles. The second-order valence-electron chi connectivity index (χ2n) is 6.76. The lowest BCUT2D eigenvalue weighted by Crippen LogP contribution is -2.07. The third-order valence-corrected chi connectivity index (χ3v) is 5.05. The number of furan rings is 1. The van der Waals surface area contributed by atoms with Crippen LogP contribution in [0.15, 0.2) is 77.2 Å². The fourth-order valence-corrected chi connectivity index (χ4v) is 3.39. The molecule has 156 valence electrons. The number of hydrogen-bond donors (Lipinski definition) is 1. The van der Waals surface area contributed by atoms with Crippen LogP contribution in [-0.4, -0.2) is 20.1 Å². The zero-order valence-corrected chi connectivity index (χ0v) is 17.8. The van der Waals surface area contributed by atoms with Gasteiger partial charge in [0.25, 0.3) is 0 Å². The monoisotopic (exact) mass is 433 g/mol. The van der Waals surface area contributed by atoms with E-state index < -0.39 is 0 Å². The maximum absolute atomic E-state index is 12.4. The summed E-state index contributed by atoms with van der Waals surface area (Å²) < 4.78 is 16.5. The molecule has 0 atom stereocenters. The highest BCUT2D eigenvalue weighted by molar-refractivity contribution is 6.30. The molecule has 1 aromatic heterocycles. The molecule has 0 spiro atoms. The van der Waals surface area contributed by atoms with Crippen LogP contribution in [0.3, 0.4) is 0 Å². The molecule has 4 rings (SSSR count).